The van der Waals surface area contributed by atoms with Crippen molar-refractivity contribution in [1.29, 1.82) is 0 Å². The molecule has 0 spiro atoms. The van der Waals surface area contributed by atoms with Gasteiger partial charge >= 0.3 is 0 Å². The van der Waals surface area contributed by atoms with E-state index < -0.39 is 0 Å². The lowest BCUT2D eigenvalue weighted by Gasteiger charge is -2.31. The van der Waals surface area contributed by atoms with Gasteiger partial charge in [-0.3, -0.25) is 9.59 Å². The van der Waals surface area contributed by atoms with Crippen LogP contribution in [0.5, 0.6) is 0 Å². The van der Waals surface area contributed by atoms with Gasteiger partial charge in [-0.15, -0.1) is 0 Å². The van der Waals surface area contributed by atoms with Crippen molar-refractivity contribution in [3.63, 3.8) is 0 Å². The van der Waals surface area contributed by atoms with E-state index in [0.717, 1.165) is 19.4 Å². The van der Waals surface area contributed by atoms with E-state index in [2.05, 4.69) is 5.32 Å². The largest absolute Gasteiger partial charge is 0.359 e. The average Bonchev–Trinajstić information content (AvgIpc) is 2.28. The van der Waals surface area contributed by atoms with E-state index in [-0.39, 0.29) is 17.7 Å². The third-order valence-electron chi connectivity index (χ3n) is 2.66. The molecule has 0 aromatic rings. The van der Waals surface area contributed by atoms with Crippen LogP contribution in [-0.4, -0.2) is 36.9 Å². The molecule has 1 fully saturated rings. The van der Waals surface area contributed by atoms with Crippen LogP contribution in [0.4, 0.5) is 0 Å². The van der Waals surface area contributed by atoms with E-state index in [1.165, 1.54) is 0 Å². The Bertz CT molecular complexity index is 274. The van der Waals surface area contributed by atoms with Gasteiger partial charge in [-0.1, -0.05) is 6.08 Å². The van der Waals surface area contributed by atoms with E-state index in [1.54, 1.807) is 24.1 Å². The van der Waals surface area contributed by atoms with Gasteiger partial charge in [-0.25, -0.2) is 0 Å². The molecule has 0 aromatic heterocycles. The number of allylic oxidation sites excluding steroid dienone is 1. The lowest BCUT2D eigenvalue weighted by Crippen LogP contribution is -2.44. The highest BCUT2D eigenvalue weighted by Crippen LogP contribution is 2.16. The van der Waals surface area contributed by atoms with E-state index in [9.17, 15) is 9.59 Å². The molecule has 1 heterocycles. The number of nitrogens with one attached hydrogen (secondary N) is 1. The molecule has 1 saturated heterocycles. The topological polar surface area (TPSA) is 49.4 Å². The highest BCUT2D eigenvalue weighted by molar-refractivity contribution is 5.88. The third kappa shape index (κ3) is 3.08. The van der Waals surface area contributed by atoms with Crippen molar-refractivity contribution in [1.82, 2.24) is 10.2 Å². The predicted octanol–water partition coefficient (Wildman–Crippen LogP) is 0.547. The van der Waals surface area contributed by atoms with Gasteiger partial charge in [-0.05, 0) is 25.8 Å². The molecule has 1 rings (SSSR count). The Kier molecular flexibility index (Phi) is 4.34. The maximum Gasteiger partial charge on any atom is 0.246 e. The molecule has 4 nitrogen and oxygen atoms in total. The molecule has 0 bridgehead atoms. The number of nitrogens with zero attached hydrogens (tertiary/aromatic N) is 1. The molecule has 1 aliphatic heterocycles. The van der Waals surface area contributed by atoms with Crippen molar-refractivity contribution >= 4 is 11.8 Å². The van der Waals surface area contributed by atoms with Crippen LogP contribution < -0.4 is 5.32 Å². The Morgan fingerprint density at radius 1 is 1.47 bits per heavy atom. The lowest BCUT2D eigenvalue weighted by molar-refractivity contribution is -0.131. The number of amides is 2. The Labute approximate surface area is 90.3 Å². The molecule has 0 aromatic carbocycles. The number of rotatable bonds is 2. The minimum Gasteiger partial charge on any atom is -0.359 e. The predicted molar refractivity (Wildman–Crippen MR) is 58.2 cm³/mol. The Balaban J connectivity index is 2.56. The number of hydrogen-bond donors (Lipinski definition) is 1. The zero-order chi connectivity index (χ0) is 11.3. The summed E-state index contributed by atoms with van der Waals surface area (Å²) in [5, 5.41) is 2.63. The summed E-state index contributed by atoms with van der Waals surface area (Å²) in [4.78, 5) is 24.7. The quantitative estimate of drug-likeness (QED) is 0.676. The maximum absolute atomic E-state index is 11.6. The first kappa shape index (κ1) is 11.8. The van der Waals surface area contributed by atoms with Crippen LogP contribution in [0.3, 0.4) is 0 Å². The second kappa shape index (κ2) is 5.53. The maximum atomic E-state index is 11.6. The summed E-state index contributed by atoms with van der Waals surface area (Å²) in [6, 6.07) is 0. The zero-order valence-electron chi connectivity index (χ0n) is 9.32. The standard InChI is InChI=1S/C11H18N2O2/c1-3-5-10(14)13-7-4-6-9(8-13)11(15)12-2/h3,5,9H,4,6-8H2,1-2H3,(H,12,15)/b5-3+. The first-order chi connectivity index (χ1) is 7.19. The lowest BCUT2D eigenvalue weighted by atomic mass is 9.97. The van der Waals surface area contributed by atoms with E-state index in [0.29, 0.717) is 6.54 Å². The fourth-order valence-electron chi connectivity index (χ4n) is 1.84. The molecular weight excluding hydrogens is 192 g/mol. The molecule has 1 unspecified atom stereocenters. The first-order valence-electron chi connectivity index (χ1n) is 5.32. The van der Waals surface area contributed by atoms with E-state index in [1.807, 2.05) is 6.92 Å². The Hall–Kier alpha value is -1.32. The van der Waals surface area contributed by atoms with Crippen LogP contribution in [-0.2, 0) is 9.59 Å². The zero-order valence-corrected chi connectivity index (χ0v) is 9.32. The molecule has 0 radical (unpaired) electrons. The summed E-state index contributed by atoms with van der Waals surface area (Å²) in [5.74, 6) is -0.00274. The molecule has 1 atom stereocenters. The van der Waals surface area contributed by atoms with Gasteiger partial charge in [0.1, 0.15) is 0 Å². The fourth-order valence-corrected chi connectivity index (χ4v) is 1.84. The first-order valence-corrected chi connectivity index (χ1v) is 5.32. The van der Waals surface area contributed by atoms with Crippen LogP contribution in [0.25, 0.3) is 0 Å². The summed E-state index contributed by atoms with van der Waals surface area (Å²) >= 11 is 0. The van der Waals surface area contributed by atoms with Gasteiger partial charge in [0.15, 0.2) is 0 Å². The molecule has 4 heteroatoms. The molecule has 1 N–H and O–H groups in total. The molecule has 1 aliphatic rings. The second-order valence-corrected chi connectivity index (χ2v) is 3.74. The number of piperidine rings is 1. The van der Waals surface area contributed by atoms with Crippen molar-refractivity contribution in [2.24, 2.45) is 5.92 Å². The number of likely N-dealkylation sites (tertiary alicyclic amines) is 1. The summed E-state index contributed by atoms with van der Waals surface area (Å²) in [6.07, 6.45) is 5.05. The van der Waals surface area contributed by atoms with Crippen LogP contribution in [0.1, 0.15) is 19.8 Å². The summed E-state index contributed by atoms with van der Waals surface area (Å²) in [5.41, 5.74) is 0. The smallest absolute Gasteiger partial charge is 0.246 e. The van der Waals surface area contributed by atoms with Gasteiger partial charge in [0, 0.05) is 20.1 Å². The molecule has 0 aliphatic carbocycles. The highest BCUT2D eigenvalue weighted by Gasteiger charge is 2.26. The molecule has 0 saturated carbocycles. The molecular formula is C11H18N2O2. The fraction of sp³-hybridized carbons (Fsp3) is 0.636. The minimum atomic E-state index is -0.0436. The summed E-state index contributed by atoms with van der Waals surface area (Å²) in [7, 11) is 1.63. The van der Waals surface area contributed by atoms with Crippen LogP contribution in [0, 0.1) is 5.92 Å². The highest BCUT2D eigenvalue weighted by atomic mass is 16.2. The van der Waals surface area contributed by atoms with Crippen LogP contribution >= 0.6 is 0 Å². The Morgan fingerprint density at radius 2 is 2.20 bits per heavy atom. The normalized spacial score (nSPS) is 21.7. The van der Waals surface area contributed by atoms with Crippen molar-refractivity contribution in [3.05, 3.63) is 12.2 Å². The third-order valence-corrected chi connectivity index (χ3v) is 2.66. The number of hydrogen-bond acceptors (Lipinski definition) is 2. The van der Waals surface area contributed by atoms with Crippen molar-refractivity contribution < 1.29 is 9.59 Å². The molecule has 15 heavy (non-hydrogen) atoms. The second-order valence-electron chi connectivity index (χ2n) is 3.74. The van der Waals surface area contributed by atoms with Gasteiger partial charge in [0.2, 0.25) is 11.8 Å². The number of carbonyl (C=O) groups excluding carboxylic acids is 2. The average molecular weight is 210 g/mol. The van der Waals surface area contributed by atoms with Gasteiger partial charge in [0.05, 0.1) is 5.92 Å². The summed E-state index contributed by atoms with van der Waals surface area (Å²) < 4.78 is 0. The van der Waals surface area contributed by atoms with Crippen LogP contribution in [0.15, 0.2) is 12.2 Å². The van der Waals surface area contributed by atoms with Gasteiger partial charge in [-0.2, -0.15) is 0 Å². The number of carbonyl (C=O) groups is 2. The minimum absolute atomic E-state index is 0.00565. The Morgan fingerprint density at radius 3 is 2.80 bits per heavy atom. The van der Waals surface area contributed by atoms with E-state index in [4.69, 9.17) is 0 Å². The summed E-state index contributed by atoms with van der Waals surface area (Å²) in [6.45, 7) is 3.12. The molecule has 2 amide bonds. The SMILES string of the molecule is C/C=C/C(=O)N1CCCC(C(=O)NC)C1. The monoisotopic (exact) mass is 210 g/mol. The van der Waals surface area contributed by atoms with Crippen molar-refractivity contribution in [2.75, 3.05) is 20.1 Å². The van der Waals surface area contributed by atoms with Crippen molar-refractivity contribution in [3.8, 4) is 0 Å². The van der Waals surface area contributed by atoms with Crippen molar-refractivity contribution in [2.45, 2.75) is 19.8 Å². The van der Waals surface area contributed by atoms with Gasteiger partial charge in [0.25, 0.3) is 0 Å². The van der Waals surface area contributed by atoms with Crippen LogP contribution in [0.2, 0.25) is 0 Å². The van der Waals surface area contributed by atoms with E-state index >= 15 is 0 Å². The molecule has 84 valence electrons. The van der Waals surface area contributed by atoms with Gasteiger partial charge < -0.3 is 10.2 Å².